The molecule has 2 aromatic rings. The predicted octanol–water partition coefficient (Wildman–Crippen LogP) is 4.26. The number of imide groups is 1. The van der Waals surface area contributed by atoms with E-state index in [9.17, 15) is 19.2 Å². The van der Waals surface area contributed by atoms with Gasteiger partial charge in [-0.1, -0.05) is 41.9 Å². The minimum absolute atomic E-state index is 0.0130. The maximum Gasteiger partial charge on any atom is 0.329 e. The van der Waals surface area contributed by atoms with Gasteiger partial charge in [-0.15, -0.1) is 0 Å². The van der Waals surface area contributed by atoms with Crippen molar-refractivity contribution in [1.82, 2.24) is 4.90 Å². The molecule has 0 saturated heterocycles. The van der Waals surface area contributed by atoms with Crippen LogP contribution >= 0.6 is 15.9 Å². The number of ether oxygens (including phenoxy) is 1. The molecule has 1 atom stereocenters. The van der Waals surface area contributed by atoms with E-state index in [1.165, 1.54) is 0 Å². The van der Waals surface area contributed by atoms with Crippen molar-refractivity contribution in [3.8, 4) is 0 Å². The summed E-state index contributed by atoms with van der Waals surface area (Å²) < 4.78 is 6.16. The van der Waals surface area contributed by atoms with E-state index >= 15 is 0 Å². The van der Waals surface area contributed by atoms with Crippen LogP contribution in [-0.4, -0.2) is 41.2 Å². The number of esters is 1. The van der Waals surface area contributed by atoms with Crippen LogP contribution < -0.4 is 5.32 Å². The second kappa shape index (κ2) is 9.65. The van der Waals surface area contributed by atoms with E-state index in [0.717, 1.165) is 20.5 Å². The molecular weight excluding hydrogens is 476 g/mol. The Morgan fingerprint density at radius 3 is 2.19 bits per heavy atom. The summed E-state index contributed by atoms with van der Waals surface area (Å²) in [6.45, 7) is 6.99. The number of benzene rings is 2. The number of hydrogen-bond donors (Lipinski definition) is 1. The highest BCUT2D eigenvalue weighted by atomic mass is 79.9. The van der Waals surface area contributed by atoms with Gasteiger partial charge in [-0.2, -0.15) is 0 Å². The normalized spacial score (nSPS) is 13.9. The number of halogens is 1. The fraction of sp³-hybridized carbons (Fsp3) is 0.333. The van der Waals surface area contributed by atoms with E-state index < -0.39 is 36.3 Å². The molecular formula is C24H25BrN2O5. The molecule has 168 valence electrons. The first-order chi connectivity index (χ1) is 15.1. The Morgan fingerprint density at radius 1 is 1.03 bits per heavy atom. The molecule has 0 aliphatic carbocycles. The minimum atomic E-state index is -1.10. The Kier molecular flexibility index (Phi) is 7.13. The Morgan fingerprint density at radius 2 is 1.62 bits per heavy atom. The number of carbonyl (C=O) groups excluding carboxylic acids is 4. The van der Waals surface area contributed by atoms with Crippen LogP contribution in [0.2, 0.25) is 0 Å². The maximum absolute atomic E-state index is 12.9. The quantitative estimate of drug-likeness (QED) is 0.452. The van der Waals surface area contributed by atoms with Gasteiger partial charge in [-0.3, -0.25) is 19.3 Å². The van der Waals surface area contributed by atoms with Crippen LogP contribution in [0, 0.1) is 19.8 Å². The lowest BCUT2D eigenvalue weighted by Gasteiger charge is -2.25. The van der Waals surface area contributed by atoms with Crippen molar-refractivity contribution in [3.63, 3.8) is 0 Å². The molecule has 0 bridgehead atoms. The molecule has 1 N–H and O–H groups in total. The summed E-state index contributed by atoms with van der Waals surface area (Å²) >= 11 is 3.44. The molecule has 0 aromatic heterocycles. The average molecular weight is 501 g/mol. The van der Waals surface area contributed by atoms with Crippen LogP contribution in [0.5, 0.6) is 0 Å². The number of hydrogen-bond acceptors (Lipinski definition) is 5. The average Bonchev–Trinajstić information content (AvgIpc) is 2.99. The van der Waals surface area contributed by atoms with Crippen LogP contribution in [0.15, 0.2) is 40.9 Å². The van der Waals surface area contributed by atoms with Crippen molar-refractivity contribution in [1.29, 1.82) is 0 Å². The van der Waals surface area contributed by atoms with Gasteiger partial charge in [0, 0.05) is 10.2 Å². The highest BCUT2D eigenvalue weighted by Gasteiger charge is 2.43. The topological polar surface area (TPSA) is 92.8 Å². The van der Waals surface area contributed by atoms with Crippen LogP contribution in [0.25, 0.3) is 0 Å². The molecule has 7 nitrogen and oxygen atoms in total. The number of amides is 3. The third kappa shape index (κ3) is 4.91. The first-order valence-corrected chi connectivity index (χ1v) is 11.1. The van der Waals surface area contributed by atoms with Gasteiger partial charge < -0.3 is 10.1 Å². The largest absolute Gasteiger partial charge is 0.454 e. The van der Waals surface area contributed by atoms with E-state index in [0.29, 0.717) is 5.69 Å². The molecule has 1 aliphatic heterocycles. The molecule has 0 fully saturated rings. The lowest BCUT2D eigenvalue weighted by atomic mass is 10.0. The zero-order chi connectivity index (χ0) is 23.6. The van der Waals surface area contributed by atoms with E-state index in [1.54, 1.807) is 24.3 Å². The van der Waals surface area contributed by atoms with Crippen LogP contribution in [0.3, 0.4) is 0 Å². The molecule has 32 heavy (non-hydrogen) atoms. The lowest BCUT2D eigenvalue weighted by molar-refractivity contribution is -0.151. The second-order valence-electron chi connectivity index (χ2n) is 8.24. The summed E-state index contributed by atoms with van der Waals surface area (Å²) in [7, 11) is 0. The Bertz CT molecular complexity index is 1060. The van der Waals surface area contributed by atoms with Gasteiger partial charge in [0.25, 0.3) is 17.7 Å². The van der Waals surface area contributed by atoms with E-state index in [1.807, 2.05) is 39.8 Å². The maximum atomic E-state index is 12.9. The fourth-order valence-corrected chi connectivity index (χ4v) is 4.04. The van der Waals surface area contributed by atoms with Crippen LogP contribution in [0.4, 0.5) is 5.69 Å². The van der Waals surface area contributed by atoms with Gasteiger partial charge in [-0.05, 0) is 61.6 Å². The van der Waals surface area contributed by atoms with Crippen molar-refractivity contribution < 1.29 is 23.9 Å². The van der Waals surface area contributed by atoms with Crippen molar-refractivity contribution in [2.45, 2.75) is 40.2 Å². The first-order valence-electron chi connectivity index (χ1n) is 10.3. The minimum Gasteiger partial charge on any atom is -0.454 e. The fourth-order valence-electron chi connectivity index (χ4n) is 3.58. The number of nitrogens with one attached hydrogen (secondary N) is 1. The smallest absolute Gasteiger partial charge is 0.329 e. The van der Waals surface area contributed by atoms with Gasteiger partial charge in [0.1, 0.15) is 6.04 Å². The molecule has 2 aromatic carbocycles. The molecule has 0 saturated carbocycles. The van der Waals surface area contributed by atoms with Crippen molar-refractivity contribution in [3.05, 3.63) is 63.1 Å². The standard InChI is InChI=1S/C24H25BrN2O5/c1-13(2)9-20(27-22(29)16-7-5-6-8-17(16)23(27)30)24(31)32-12-21(28)26-19-11-14(3)18(25)10-15(19)4/h5-8,10-11,13,20H,9,12H2,1-4H3,(H,26,28)/t20-/m1/s1. The Labute approximate surface area is 195 Å². The van der Waals surface area contributed by atoms with E-state index in [4.69, 9.17) is 4.74 Å². The zero-order valence-electron chi connectivity index (χ0n) is 18.4. The van der Waals surface area contributed by atoms with E-state index in [-0.39, 0.29) is 23.5 Å². The summed E-state index contributed by atoms with van der Waals surface area (Å²) in [4.78, 5) is 51.9. The highest BCUT2D eigenvalue weighted by molar-refractivity contribution is 9.10. The monoisotopic (exact) mass is 500 g/mol. The molecule has 1 aliphatic rings. The lowest BCUT2D eigenvalue weighted by Crippen LogP contribution is -2.46. The number of aryl methyl sites for hydroxylation is 2. The SMILES string of the molecule is Cc1cc(NC(=O)COC(=O)[C@@H](CC(C)C)N2C(=O)c3ccccc3C2=O)c(C)cc1Br. The van der Waals surface area contributed by atoms with E-state index in [2.05, 4.69) is 21.2 Å². The van der Waals surface area contributed by atoms with Gasteiger partial charge in [0.2, 0.25) is 0 Å². The zero-order valence-corrected chi connectivity index (χ0v) is 20.0. The van der Waals surface area contributed by atoms with Crippen molar-refractivity contribution in [2.75, 3.05) is 11.9 Å². The van der Waals surface area contributed by atoms with Crippen molar-refractivity contribution in [2.24, 2.45) is 5.92 Å². The number of fused-ring (bicyclic) bond motifs is 1. The summed E-state index contributed by atoms with van der Waals surface area (Å²) in [5.74, 6) is -2.34. The molecule has 0 spiro atoms. The predicted molar refractivity (Wildman–Crippen MR) is 123 cm³/mol. The van der Waals surface area contributed by atoms with Gasteiger partial charge in [-0.25, -0.2) is 4.79 Å². The number of rotatable bonds is 7. The molecule has 3 rings (SSSR count). The van der Waals surface area contributed by atoms with Crippen LogP contribution in [0.1, 0.15) is 52.1 Å². The molecule has 0 unspecified atom stereocenters. The number of carbonyl (C=O) groups is 4. The van der Waals surface area contributed by atoms with Gasteiger partial charge >= 0.3 is 5.97 Å². The highest BCUT2D eigenvalue weighted by Crippen LogP contribution is 2.28. The Hall–Kier alpha value is -3.00. The third-order valence-electron chi connectivity index (χ3n) is 5.23. The molecule has 1 heterocycles. The van der Waals surface area contributed by atoms with Gasteiger partial charge in [0.15, 0.2) is 6.61 Å². The van der Waals surface area contributed by atoms with Gasteiger partial charge in [0.05, 0.1) is 11.1 Å². The summed E-state index contributed by atoms with van der Waals surface area (Å²) in [5.41, 5.74) is 2.94. The summed E-state index contributed by atoms with van der Waals surface area (Å²) in [5, 5.41) is 2.73. The molecule has 8 heteroatoms. The Balaban J connectivity index is 1.71. The summed E-state index contributed by atoms with van der Waals surface area (Å²) in [6, 6.07) is 9.05. The van der Waals surface area contributed by atoms with Crippen LogP contribution in [-0.2, 0) is 14.3 Å². The second-order valence-corrected chi connectivity index (χ2v) is 9.10. The third-order valence-corrected chi connectivity index (χ3v) is 6.08. The summed E-state index contributed by atoms with van der Waals surface area (Å²) in [6.07, 6.45) is 0.233. The molecule has 0 radical (unpaired) electrons. The number of nitrogens with zero attached hydrogens (tertiary/aromatic N) is 1. The first kappa shape index (κ1) is 23.7. The molecule has 3 amide bonds. The number of anilines is 1. The van der Waals surface area contributed by atoms with Crippen molar-refractivity contribution >= 4 is 45.3 Å².